The van der Waals surface area contributed by atoms with Crippen LogP contribution in [0.5, 0.6) is 0 Å². The van der Waals surface area contributed by atoms with Crippen LogP contribution >= 0.6 is 0 Å². The van der Waals surface area contributed by atoms with E-state index in [1.165, 1.54) is 0 Å². The SMILES string of the molecule is COC(C)CCC(=O)NC(CO)c1ccccc1. The quantitative estimate of drug-likeness (QED) is 0.774. The molecule has 2 unspecified atom stereocenters. The molecule has 2 atom stereocenters. The molecule has 18 heavy (non-hydrogen) atoms. The molecule has 0 bridgehead atoms. The van der Waals surface area contributed by atoms with Crippen molar-refractivity contribution in [3.05, 3.63) is 35.9 Å². The first kappa shape index (κ1) is 14.7. The molecular formula is C14H21NO3. The molecule has 0 fully saturated rings. The number of benzene rings is 1. The van der Waals surface area contributed by atoms with E-state index in [1.54, 1.807) is 7.11 Å². The van der Waals surface area contributed by atoms with Gasteiger partial charge in [-0.15, -0.1) is 0 Å². The van der Waals surface area contributed by atoms with Crippen molar-refractivity contribution in [1.29, 1.82) is 0 Å². The Morgan fingerprint density at radius 2 is 2.06 bits per heavy atom. The highest BCUT2D eigenvalue weighted by atomic mass is 16.5. The van der Waals surface area contributed by atoms with Crippen molar-refractivity contribution < 1.29 is 14.6 Å². The molecule has 2 N–H and O–H groups in total. The minimum atomic E-state index is -0.337. The zero-order valence-electron chi connectivity index (χ0n) is 10.9. The minimum absolute atomic E-state index is 0.0678. The Morgan fingerprint density at radius 1 is 1.39 bits per heavy atom. The van der Waals surface area contributed by atoms with Gasteiger partial charge in [-0.25, -0.2) is 0 Å². The van der Waals surface area contributed by atoms with E-state index in [4.69, 9.17) is 4.74 Å². The summed E-state index contributed by atoms with van der Waals surface area (Å²) in [6.07, 6.45) is 1.15. The number of methoxy groups -OCH3 is 1. The lowest BCUT2D eigenvalue weighted by Gasteiger charge is -2.17. The molecule has 0 aliphatic heterocycles. The summed E-state index contributed by atoms with van der Waals surface area (Å²) in [5, 5.41) is 12.1. The van der Waals surface area contributed by atoms with Crippen LogP contribution in [-0.2, 0) is 9.53 Å². The van der Waals surface area contributed by atoms with Gasteiger partial charge in [0.2, 0.25) is 5.91 Å². The molecule has 0 aromatic heterocycles. The van der Waals surface area contributed by atoms with Crippen LogP contribution in [0.4, 0.5) is 0 Å². The van der Waals surface area contributed by atoms with E-state index in [9.17, 15) is 9.90 Å². The van der Waals surface area contributed by atoms with Crippen molar-refractivity contribution in [2.45, 2.75) is 31.9 Å². The van der Waals surface area contributed by atoms with Gasteiger partial charge in [-0.2, -0.15) is 0 Å². The maximum Gasteiger partial charge on any atom is 0.220 e. The van der Waals surface area contributed by atoms with Gasteiger partial charge in [-0.05, 0) is 18.9 Å². The summed E-state index contributed by atoms with van der Waals surface area (Å²) in [4.78, 5) is 11.7. The third kappa shape index (κ3) is 4.85. The number of aliphatic hydroxyl groups excluding tert-OH is 1. The monoisotopic (exact) mass is 251 g/mol. The number of hydrogen-bond acceptors (Lipinski definition) is 3. The van der Waals surface area contributed by atoms with Gasteiger partial charge in [0.05, 0.1) is 18.8 Å². The number of nitrogens with one attached hydrogen (secondary N) is 1. The number of ether oxygens (including phenoxy) is 1. The van der Waals surface area contributed by atoms with E-state index in [2.05, 4.69) is 5.32 Å². The maximum atomic E-state index is 11.7. The predicted molar refractivity (Wildman–Crippen MR) is 70.1 cm³/mol. The van der Waals surface area contributed by atoms with Gasteiger partial charge in [-0.3, -0.25) is 4.79 Å². The van der Waals surface area contributed by atoms with Crippen LogP contribution in [0.3, 0.4) is 0 Å². The Kier molecular flexibility index (Phi) is 6.39. The largest absolute Gasteiger partial charge is 0.394 e. The lowest BCUT2D eigenvalue weighted by Crippen LogP contribution is -2.31. The Balaban J connectivity index is 2.46. The van der Waals surface area contributed by atoms with E-state index in [0.717, 1.165) is 5.56 Å². The van der Waals surface area contributed by atoms with Crippen LogP contribution < -0.4 is 5.32 Å². The fourth-order valence-electron chi connectivity index (χ4n) is 1.64. The van der Waals surface area contributed by atoms with E-state index in [0.29, 0.717) is 12.8 Å². The zero-order valence-corrected chi connectivity index (χ0v) is 10.9. The lowest BCUT2D eigenvalue weighted by atomic mass is 10.1. The van der Waals surface area contributed by atoms with Crippen LogP contribution in [0.2, 0.25) is 0 Å². The van der Waals surface area contributed by atoms with Crippen LogP contribution in [0.25, 0.3) is 0 Å². The molecule has 1 aromatic carbocycles. The molecule has 100 valence electrons. The molecule has 1 amide bonds. The Hall–Kier alpha value is -1.39. The van der Waals surface area contributed by atoms with Gasteiger partial charge in [-0.1, -0.05) is 30.3 Å². The van der Waals surface area contributed by atoms with Crippen LogP contribution in [0.15, 0.2) is 30.3 Å². The van der Waals surface area contributed by atoms with Crippen molar-refractivity contribution in [3.63, 3.8) is 0 Å². The third-order valence-electron chi connectivity index (χ3n) is 2.90. The van der Waals surface area contributed by atoms with Gasteiger partial charge in [0.1, 0.15) is 0 Å². The number of aliphatic hydroxyl groups is 1. The summed E-state index contributed by atoms with van der Waals surface area (Å²) in [5.41, 5.74) is 0.910. The average molecular weight is 251 g/mol. The molecule has 0 heterocycles. The maximum absolute atomic E-state index is 11.7. The fraction of sp³-hybridized carbons (Fsp3) is 0.500. The second-order valence-corrected chi connectivity index (χ2v) is 4.30. The summed E-state index contributed by atoms with van der Waals surface area (Å²) in [5.74, 6) is -0.0678. The Bertz CT molecular complexity index is 353. The van der Waals surface area contributed by atoms with Crippen LogP contribution in [0.1, 0.15) is 31.4 Å². The van der Waals surface area contributed by atoms with Gasteiger partial charge < -0.3 is 15.2 Å². The first-order valence-corrected chi connectivity index (χ1v) is 6.15. The van der Waals surface area contributed by atoms with Crippen molar-refractivity contribution in [2.24, 2.45) is 0 Å². The molecule has 0 saturated carbocycles. The van der Waals surface area contributed by atoms with Crippen molar-refractivity contribution in [2.75, 3.05) is 13.7 Å². The third-order valence-corrected chi connectivity index (χ3v) is 2.90. The summed E-state index contributed by atoms with van der Waals surface area (Å²) in [6, 6.07) is 9.11. The highest BCUT2D eigenvalue weighted by Crippen LogP contribution is 2.12. The minimum Gasteiger partial charge on any atom is -0.394 e. The van der Waals surface area contributed by atoms with Gasteiger partial charge in [0.15, 0.2) is 0 Å². The van der Waals surface area contributed by atoms with Crippen LogP contribution in [0, 0.1) is 0 Å². The normalized spacial score (nSPS) is 13.9. The molecule has 0 spiro atoms. The van der Waals surface area contributed by atoms with Gasteiger partial charge in [0, 0.05) is 13.5 Å². The zero-order chi connectivity index (χ0) is 13.4. The molecule has 1 rings (SSSR count). The highest BCUT2D eigenvalue weighted by Gasteiger charge is 2.13. The van der Waals surface area contributed by atoms with E-state index in [-0.39, 0.29) is 24.7 Å². The summed E-state index contributed by atoms with van der Waals surface area (Å²) >= 11 is 0. The molecule has 0 aliphatic rings. The molecule has 4 heteroatoms. The summed E-state index contributed by atoms with van der Waals surface area (Å²) in [6.45, 7) is 1.82. The second-order valence-electron chi connectivity index (χ2n) is 4.30. The molecular weight excluding hydrogens is 230 g/mol. The number of carbonyl (C=O) groups excluding carboxylic acids is 1. The van der Waals surface area contributed by atoms with Gasteiger partial charge >= 0.3 is 0 Å². The molecule has 0 radical (unpaired) electrons. The smallest absolute Gasteiger partial charge is 0.220 e. The summed E-state index contributed by atoms with van der Waals surface area (Å²) in [7, 11) is 1.63. The number of amides is 1. The number of hydrogen-bond donors (Lipinski definition) is 2. The summed E-state index contributed by atoms with van der Waals surface area (Å²) < 4.78 is 5.09. The first-order chi connectivity index (χ1) is 8.67. The van der Waals surface area contributed by atoms with E-state index < -0.39 is 0 Å². The second kappa shape index (κ2) is 7.84. The van der Waals surface area contributed by atoms with Crippen molar-refractivity contribution in [1.82, 2.24) is 5.32 Å². The van der Waals surface area contributed by atoms with E-state index in [1.807, 2.05) is 37.3 Å². The highest BCUT2D eigenvalue weighted by molar-refractivity contribution is 5.76. The number of rotatable bonds is 7. The molecule has 4 nitrogen and oxygen atoms in total. The van der Waals surface area contributed by atoms with E-state index >= 15 is 0 Å². The fourth-order valence-corrected chi connectivity index (χ4v) is 1.64. The molecule has 0 saturated heterocycles. The topological polar surface area (TPSA) is 58.6 Å². The van der Waals surface area contributed by atoms with Gasteiger partial charge in [0.25, 0.3) is 0 Å². The standard InChI is InChI=1S/C14H21NO3/c1-11(18-2)8-9-14(17)15-13(10-16)12-6-4-3-5-7-12/h3-7,11,13,16H,8-10H2,1-2H3,(H,15,17). The van der Waals surface area contributed by atoms with Crippen molar-refractivity contribution >= 4 is 5.91 Å². The Labute approximate surface area is 108 Å². The molecule has 1 aromatic rings. The average Bonchev–Trinajstić information content (AvgIpc) is 2.43. The molecule has 0 aliphatic carbocycles. The van der Waals surface area contributed by atoms with Crippen molar-refractivity contribution in [3.8, 4) is 0 Å². The predicted octanol–water partition coefficient (Wildman–Crippen LogP) is 1.65. The number of carbonyl (C=O) groups is 1. The Morgan fingerprint density at radius 3 is 2.61 bits per heavy atom. The lowest BCUT2D eigenvalue weighted by molar-refractivity contribution is -0.122. The van der Waals surface area contributed by atoms with Crippen LogP contribution in [-0.4, -0.2) is 30.8 Å². The first-order valence-electron chi connectivity index (χ1n) is 6.15.